The van der Waals surface area contributed by atoms with Gasteiger partial charge in [0, 0.05) is 51.0 Å². The van der Waals surface area contributed by atoms with Gasteiger partial charge in [0.2, 0.25) is 0 Å². The standard InChI is InChI=1S/C17H25FN6/c1-3-15-16(18)17(20-13-19-15)23-7-5-6-22(8-9-23)11-14-10-21-24(4-2)12-14/h10,12-13H,3-9,11H2,1-2H3. The second-order valence-corrected chi connectivity index (χ2v) is 6.13. The molecule has 0 aromatic carbocycles. The third-order valence-electron chi connectivity index (χ3n) is 4.48. The quantitative estimate of drug-likeness (QED) is 0.839. The summed E-state index contributed by atoms with van der Waals surface area (Å²) in [5, 5.41) is 4.33. The lowest BCUT2D eigenvalue weighted by Gasteiger charge is -2.23. The molecule has 7 heteroatoms. The second-order valence-electron chi connectivity index (χ2n) is 6.13. The first-order chi connectivity index (χ1) is 11.7. The number of aromatic nitrogens is 4. The van der Waals surface area contributed by atoms with Gasteiger partial charge in [-0.1, -0.05) is 6.92 Å². The molecule has 1 saturated heterocycles. The lowest BCUT2D eigenvalue weighted by molar-refractivity contribution is 0.285. The van der Waals surface area contributed by atoms with Crippen LogP contribution in [0.2, 0.25) is 0 Å². The van der Waals surface area contributed by atoms with Crippen molar-refractivity contribution in [1.29, 1.82) is 0 Å². The summed E-state index contributed by atoms with van der Waals surface area (Å²) in [5.74, 6) is 0.181. The maximum Gasteiger partial charge on any atom is 0.187 e. The van der Waals surface area contributed by atoms with Gasteiger partial charge in [-0.2, -0.15) is 5.10 Å². The molecule has 2 aromatic heterocycles. The van der Waals surface area contributed by atoms with Crippen LogP contribution in [0, 0.1) is 5.82 Å². The van der Waals surface area contributed by atoms with Crippen LogP contribution in [0.25, 0.3) is 0 Å². The zero-order chi connectivity index (χ0) is 16.9. The zero-order valence-electron chi connectivity index (χ0n) is 14.5. The highest BCUT2D eigenvalue weighted by Crippen LogP contribution is 2.20. The molecule has 130 valence electrons. The van der Waals surface area contributed by atoms with Gasteiger partial charge in [0.25, 0.3) is 0 Å². The fraction of sp³-hybridized carbons (Fsp3) is 0.588. The van der Waals surface area contributed by atoms with Gasteiger partial charge in [-0.25, -0.2) is 14.4 Å². The van der Waals surface area contributed by atoms with Crippen molar-refractivity contribution in [2.75, 3.05) is 31.1 Å². The summed E-state index contributed by atoms with van der Waals surface area (Å²) >= 11 is 0. The molecule has 3 rings (SSSR count). The molecule has 1 fully saturated rings. The molecule has 1 aliphatic rings. The van der Waals surface area contributed by atoms with Gasteiger partial charge in [0.15, 0.2) is 11.6 Å². The van der Waals surface area contributed by atoms with E-state index in [-0.39, 0.29) is 5.82 Å². The molecule has 3 heterocycles. The van der Waals surface area contributed by atoms with Gasteiger partial charge in [0.05, 0.1) is 11.9 Å². The maximum absolute atomic E-state index is 14.5. The molecular weight excluding hydrogens is 307 g/mol. The van der Waals surface area contributed by atoms with Gasteiger partial charge < -0.3 is 4.90 Å². The van der Waals surface area contributed by atoms with Crippen molar-refractivity contribution < 1.29 is 4.39 Å². The van der Waals surface area contributed by atoms with Crippen LogP contribution in [0.1, 0.15) is 31.5 Å². The van der Waals surface area contributed by atoms with E-state index in [4.69, 9.17) is 0 Å². The molecule has 0 unspecified atom stereocenters. The van der Waals surface area contributed by atoms with E-state index in [9.17, 15) is 4.39 Å². The van der Waals surface area contributed by atoms with Crippen molar-refractivity contribution >= 4 is 5.82 Å². The smallest absolute Gasteiger partial charge is 0.187 e. The maximum atomic E-state index is 14.5. The summed E-state index contributed by atoms with van der Waals surface area (Å²) < 4.78 is 16.4. The van der Waals surface area contributed by atoms with Crippen molar-refractivity contribution in [1.82, 2.24) is 24.6 Å². The average molecular weight is 332 g/mol. The van der Waals surface area contributed by atoms with Crippen LogP contribution in [0.15, 0.2) is 18.7 Å². The monoisotopic (exact) mass is 332 g/mol. The molecule has 0 amide bonds. The Hall–Kier alpha value is -2.02. The van der Waals surface area contributed by atoms with Crippen molar-refractivity contribution in [3.8, 4) is 0 Å². The van der Waals surface area contributed by atoms with Gasteiger partial charge in [0.1, 0.15) is 6.33 Å². The van der Waals surface area contributed by atoms with Gasteiger partial charge in [-0.05, 0) is 19.8 Å². The minimum atomic E-state index is -0.266. The van der Waals surface area contributed by atoms with Crippen LogP contribution < -0.4 is 4.90 Å². The molecule has 0 bridgehead atoms. The van der Waals surface area contributed by atoms with E-state index in [1.165, 1.54) is 11.9 Å². The van der Waals surface area contributed by atoms with Crippen LogP contribution >= 0.6 is 0 Å². The first kappa shape index (κ1) is 16.8. The summed E-state index contributed by atoms with van der Waals surface area (Å²) in [6.07, 6.45) is 7.08. The Labute approximate surface area is 142 Å². The summed E-state index contributed by atoms with van der Waals surface area (Å²) in [5.41, 5.74) is 1.72. The molecule has 0 radical (unpaired) electrons. The Kier molecular flexibility index (Phi) is 5.40. The van der Waals surface area contributed by atoms with E-state index < -0.39 is 0 Å². The molecule has 1 aliphatic heterocycles. The van der Waals surface area contributed by atoms with Gasteiger partial charge in [-0.3, -0.25) is 9.58 Å². The van der Waals surface area contributed by atoms with Crippen molar-refractivity contribution in [3.05, 3.63) is 35.8 Å². The molecule has 0 atom stereocenters. The Morgan fingerprint density at radius 3 is 2.75 bits per heavy atom. The molecule has 0 spiro atoms. The summed E-state index contributed by atoms with van der Waals surface area (Å²) in [6.45, 7) is 9.27. The minimum absolute atomic E-state index is 0.266. The molecule has 2 aromatic rings. The predicted molar refractivity (Wildman–Crippen MR) is 91.4 cm³/mol. The number of halogens is 1. The zero-order valence-corrected chi connectivity index (χ0v) is 14.5. The normalized spacial score (nSPS) is 16.4. The molecule has 0 saturated carbocycles. The molecule has 0 aliphatic carbocycles. The van der Waals surface area contributed by atoms with Crippen LogP contribution in [-0.2, 0) is 19.5 Å². The molecule has 6 nitrogen and oxygen atoms in total. The molecule has 24 heavy (non-hydrogen) atoms. The van der Waals surface area contributed by atoms with Crippen LogP contribution in [0.4, 0.5) is 10.2 Å². The lowest BCUT2D eigenvalue weighted by atomic mass is 10.3. The number of hydrogen-bond donors (Lipinski definition) is 0. The SMILES string of the molecule is CCc1ncnc(N2CCCN(Cc3cnn(CC)c3)CC2)c1F. The van der Waals surface area contributed by atoms with Gasteiger partial charge >= 0.3 is 0 Å². The minimum Gasteiger partial charge on any atom is -0.353 e. The van der Waals surface area contributed by atoms with E-state index >= 15 is 0 Å². The van der Waals surface area contributed by atoms with E-state index in [2.05, 4.69) is 33.1 Å². The van der Waals surface area contributed by atoms with Crippen LogP contribution in [0.5, 0.6) is 0 Å². The Morgan fingerprint density at radius 2 is 2.00 bits per heavy atom. The number of nitrogens with zero attached hydrogens (tertiary/aromatic N) is 6. The van der Waals surface area contributed by atoms with Crippen LogP contribution in [0.3, 0.4) is 0 Å². The van der Waals surface area contributed by atoms with Gasteiger partial charge in [-0.15, -0.1) is 0 Å². The topological polar surface area (TPSA) is 50.1 Å². The van der Waals surface area contributed by atoms with Crippen LogP contribution in [-0.4, -0.2) is 50.8 Å². The average Bonchev–Trinajstić information content (AvgIpc) is 2.93. The predicted octanol–water partition coefficient (Wildman–Crippen LogP) is 2.11. The highest BCUT2D eigenvalue weighted by atomic mass is 19.1. The second kappa shape index (κ2) is 7.70. The Bertz CT molecular complexity index is 671. The third kappa shape index (κ3) is 3.72. The first-order valence-corrected chi connectivity index (χ1v) is 8.69. The van der Waals surface area contributed by atoms with Crippen molar-refractivity contribution in [2.45, 2.75) is 39.8 Å². The number of anilines is 1. The van der Waals surface area contributed by atoms with Crippen molar-refractivity contribution in [2.24, 2.45) is 0 Å². The first-order valence-electron chi connectivity index (χ1n) is 8.69. The number of rotatable bonds is 5. The lowest BCUT2D eigenvalue weighted by Crippen LogP contribution is -2.31. The molecule has 0 N–H and O–H groups in total. The fourth-order valence-corrected chi connectivity index (χ4v) is 3.12. The Morgan fingerprint density at radius 1 is 1.12 bits per heavy atom. The fourth-order valence-electron chi connectivity index (χ4n) is 3.12. The third-order valence-corrected chi connectivity index (χ3v) is 4.48. The summed E-state index contributed by atoms with van der Waals surface area (Å²) in [7, 11) is 0. The largest absolute Gasteiger partial charge is 0.353 e. The number of aryl methyl sites for hydroxylation is 2. The molecular formula is C17H25FN6. The Balaban J connectivity index is 1.64. The van der Waals surface area contributed by atoms with E-state index in [0.29, 0.717) is 17.9 Å². The highest BCUT2D eigenvalue weighted by Gasteiger charge is 2.20. The number of hydrogen-bond acceptors (Lipinski definition) is 5. The summed E-state index contributed by atoms with van der Waals surface area (Å²) in [6, 6.07) is 0. The van der Waals surface area contributed by atoms with Crippen molar-refractivity contribution in [3.63, 3.8) is 0 Å². The van der Waals surface area contributed by atoms with E-state index in [1.54, 1.807) is 0 Å². The van der Waals surface area contributed by atoms with E-state index in [0.717, 1.165) is 45.7 Å². The van der Waals surface area contributed by atoms with E-state index in [1.807, 2.05) is 22.7 Å². The summed E-state index contributed by atoms with van der Waals surface area (Å²) in [4.78, 5) is 12.7. The highest BCUT2D eigenvalue weighted by molar-refractivity contribution is 5.41.